The largest absolute Gasteiger partial charge is 0 e. The van der Waals surface area contributed by atoms with Gasteiger partial charge >= 0.3 is 56.5 Å². The van der Waals surface area contributed by atoms with Gasteiger partial charge in [0.1, 0.15) is 0 Å². The van der Waals surface area contributed by atoms with Gasteiger partial charge < -0.3 is 4.74 Å². The number of rotatable bonds is 2. The van der Waals surface area contributed by atoms with Crippen molar-refractivity contribution in [3.63, 3.8) is 0 Å². The molecule has 130 valence electrons. The molecule has 0 aliphatic carbocycles. The van der Waals surface area contributed by atoms with E-state index in [-0.39, 0.29) is 23.6 Å². The molecular formula is C15H9Cl2CrNO6. The topological polar surface area (TPSA) is 121 Å². The number of hydrogen-bond donors (Lipinski definition) is 0. The number of fused-ring (bicyclic) bond motifs is 1. The fourth-order valence-electron chi connectivity index (χ4n) is 1.42. The van der Waals surface area contributed by atoms with E-state index in [0.29, 0.717) is 16.7 Å². The van der Waals surface area contributed by atoms with Gasteiger partial charge in [-0.2, -0.15) is 0 Å². The molecule has 1 unspecified atom stereocenters. The minimum Gasteiger partial charge on any atom is 0 e. The molecule has 1 aliphatic rings. The van der Waals surface area contributed by atoms with Gasteiger partial charge in [-0.15, -0.1) is 0 Å². The van der Waals surface area contributed by atoms with Crippen LogP contribution in [0.3, 0.4) is 0 Å². The summed E-state index contributed by atoms with van der Waals surface area (Å²) in [5.74, 6) is 0. The molecule has 0 fully saturated rings. The second kappa shape index (κ2) is 27.5. The Kier molecular flexibility index (Phi) is 38.4. The van der Waals surface area contributed by atoms with Crippen molar-refractivity contribution in [2.45, 2.75) is 13.2 Å². The fourth-order valence-corrected chi connectivity index (χ4v) is 1.77. The molecule has 10 heteroatoms. The number of nitrogens with zero attached hydrogens (tertiary/aromatic N) is 1. The zero-order valence-electron chi connectivity index (χ0n) is 12.6. The number of aliphatic imine (C=N–C) groups is 1. The van der Waals surface area contributed by atoms with E-state index in [2.05, 4.69) is 38.2 Å². The molecule has 0 saturated carbocycles. The van der Waals surface area contributed by atoms with Gasteiger partial charge in [-0.3, -0.25) is 4.99 Å². The van der Waals surface area contributed by atoms with Crippen LogP contribution in [0.4, 0.5) is 0 Å². The van der Waals surface area contributed by atoms with Crippen LogP contribution in [-0.2, 0) is 45.4 Å². The van der Waals surface area contributed by atoms with Crippen LogP contribution in [0.15, 0.2) is 17.1 Å². The van der Waals surface area contributed by atoms with Gasteiger partial charge in [-0.05, 0) is 19.1 Å². The molecule has 1 aromatic rings. The van der Waals surface area contributed by atoms with Gasteiger partial charge in [0.15, 0.2) is 6.23 Å². The summed E-state index contributed by atoms with van der Waals surface area (Å²) in [5, 5.41) is 1.09. The molecule has 0 bridgehead atoms. The smallest absolute Gasteiger partial charge is 0 e. The monoisotopic (exact) mass is 421 g/mol. The van der Waals surface area contributed by atoms with Crippen LogP contribution in [0.25, 0.3) is 0 Å². The van der Waals surface area contributed by atoms with Crippen LogP contribution in [0.5, 0.6) is 0 Å². The van der Waals surface area contributed by atoms with Crippen LogP contribution in [0, 0.1) is 33.3 Å². The second-order valence-electron chi connectivity index (χ2n) is 2.98. The van der Waals surface area contributed by atoms with E-state index in [0.717, 1.165) is 11.1 Å². The number of ether oxygens (including phenoxy) is 1. The maximum absolute atomic E-state index is 7.50. The molecule has 1 aromatic carbocycles. The van der Waals surface area contributed by atoms with Gasteiger partial charge in [0, 0.05) is 41.3 Å². The second-order valence-corrected chi connectivity index (χ2v) is 3.80. The summed E-state index contributed by atoms with van der Waals surface area (Å²) in [7, 11) is 0. The predicted octanol–water partition coefficient (Wildman–Crippen LogP) is 3.27. The van der Waals surface area contributed by atoms with Gasteiger partial charge in [-0.1, -0.05) is 23.2 Å². The van der Waals surface area contributed by atoms with Crippen molar-refractivity contribution in [3.05, 3.63) is 66.6 Å². The Morgan fingerprint density at radius 3 is 1.72 bits per heavy atom. The van der Waals surface area contributed by atoms with Crippen molar-refractivity contribution in [2.24, 2.45) is 4.99 Å². The van der Waals surface area contributed by atoms with Crippen LogP contribution >= 0.6 is 23.2 Å². The summed E-state index contributed by atoms with van der Waals surface area (Å²) >= 11 is 11.8. The molecular weight excluding hydrogens is 413 g/mol. The SMILES string of the molecule is CCOC1N=Cc2cc(Cl)c(Cl)cc21.[C-]#[O+].[C-]#[O+].[C-]#[O+].[C-]#[O+].[C-]#[O+].[Cr]. The molecule has 0 radical (unpaired) electrons. The maximum Gasteiger partial charge on any atom is 0 e. The van der Waals surface area contributed by atoms with Crippen molar-refractivity contribution in [2.75, 3.05) is 6.61 Å². The summed E-state index contributed by atoms with van der Waals surface area (Å²) in [6, 6.07) is 3.62. The minimum absolute atomic E-state index is 0. The summed E-state index contributed by atoms with van der Waals surface area (Å²) in [4.78, 5) is 4.21. The molecule has 7 nitrogen and oxygen atoms in total. The van der Waals surface area contributed by atoms with E-state index in [1.807, 2.05) is 19.1 Å². The Hall–Kier alpha value is -1.34. The summed E-state index contributed by atoms with van der Waals surface area (Å²) in [6.07, 6.45) is 1.54. The van der Waals surface area contributed by atoms with Crippen LogP contribution in [0.2, 0.25) is 10.0 Å². The molecule has 0 spiro atoms. The summed E-state index contributed by atoms with van der Waals surface area (Å²) in [6.45, 7) is 25.1. The first kappa shape index (κ1) is 34.9. The van der Waals surface area contributed by atoms with Gasteiger partial charge in [0.2, 0.25) is 0 Å². The average molecular weight is 422 g/mol. The van der Waals surface area contributed by atoms with E-state index < -0.39 is 0 Å². The Balaban J connectivity index is -0.000000105. The zero-order chi connectivity index (χ0) is 20.1. The number of benzene rings is 1. The zero-order valence-corrected chi connectivity index (χ0v) is 15.4. The molecule has 1 aliphatic heterocycles. The predicted molar refractivity (Wildman–Crippen MR) is 78.1 cm³/mol. The molecule has 2 rings (SSSR count). The van der Waals surface area contributed by atoms with Crippen molar-refractivity contribution >= 4 is 29.4 Å². The van der Waals surface area contributed by atoms with E-state index in [9.17, 15) is 0 Å². The molecule has 0 aromatic heterocycles. The molecule has 1 heterocycles. The van der Waals surface area contributed by atoms with Crippen molar-refractivity contribution in [1.29, 1.82) is 0 Å². The third kappa shape index (κ3) is 13.6. The van der Waals surface area contributed by atoms with Crippen molar-refractivity contribution < 1.29 is 45.4 Å². The van der Waals surface area contributed by atoms with E-state index in [1.54, 1.807) is 6.21 Å². The Labute approximate surface area is 166 Å². The van der Waals surface area contributed by atoms with E-state index in [1.165, 1.54) is 0 Å². The Morgan fingerprint density at radius 2 is 1.32 bits per heavy atom. The fraction of sp³-hybridized carbons (Fsp3) is 0.200. The maximum atomic E-state index is 7.50. The first-order valence-electron chi connectivity index (χ1n) is 5.38. The van der Waals surface area contributed by atoms with Gasteiger partial charge in [0.25, 0.3) is 0 Å². The van der Waals surface area contributed by atoms with Crippen molar-refractivity contribution in [1.82, 2.24) is 0 Å². The quantitative estimate of drug-likeness (QED) is 0.527. The third-order valence-corrected chi connectivity index (χ3v) is 2.79. The molecule has 25 heavy (non-hydrogen) atoms. The number of halogens is 2. The molecule has 0 amide bonds. The summed E-state index contributed by atoms with van der Waals surface area (Å²) in [5.41, 5.74) is 1.97. The standard InChI is InChI=1S/C10H9Cl2NO.5CO.Cr/c1-2-14-10-7-4-9(12)8(11)3-6(7)5-13-10;5*1-2;/h3-5,10H,2H2,1H3;;;;;;. The van der Waals surface area contributed by atoms with Gasteiger partial charge in [-0.25, -0.2) is 0 Å². The average Bonchev–Trinajstić information content (AvgIpc) is 3.06. The molecule has 1 atom stereocenters. The first-order chi connectivity index (χ1) is 11.7. The Morgan fingerprint density at radius 1 is 0.920 bits per heavy atom. The van der Waals surface area contributed by atoms with Crippen LogP contribution in [0.1, 0.15) is 24.3 Å². The van der Waals surface area contributed by atoms with Gasteiger partial charge in [0.05, 0.1) is 10.0 Å². The summed E-state index contributed by atoms with van der Waals surface area (Å²) < 4.78 is 42.9. The molecule has 0 N–H and O–H groups in total. The normalized spacial score (nSPS) is 10.8. The minimum atomic E-state index is -0.218. The molecule has 0 saturated heterocycles. The van der Waals surface area contributed by atoms with Crippen LogP contribution in [-0.4, -0.2) is 12.8 Å². The Bertz CT molecular complexity index is 561. The third-order valence-electron chi connectivity index (χ3n) is 2.07. The number of hydrogen-bond acceptors (Lipinski definition) is 2. The van der Waals surface area contributed by atoms with Crippen LogP contribution < -0.4 is 0 Å². The van der Waals surface area contributed by atoms with E-state index >= 15 is 0 Å². The van der Waals surface area contributed by atoms with E-state index in [4.69, 9.17) is 51.2 Å². The first-order valence-corrected chi connectivity index (χ1v) is 6.13. The van der Waals surface area contributed by atoms with Crippen molar-refractivity contribution in [3.8, 4) is 0 Å².